The van der Waals surface area contributed by atoms with Gasteiger partial charge in [-0.25, -0.2) is 4.98 Å². The molecule has 4 nitrogen and oxygen atoms in total. The van der Waals surface area contributed by atoms with Crippen LogP contribution in [0.15, 0.2) is 28.3 Å². The summed E-state index contributed by atoms with van der Waals surface area (Å²) in [5, 5.41) is 5.69. The van der Waals surface area contributed by atoms with Crippen molar-refractivity contribution in [3.8, 4) is 0 Å². The van der Waals surface area contributed by atoms with Crippen molar-refractivity contribution in [1.82, 2.24) is 14.9 Å². The maximum atomic E-state index is 12.1. The van der Waals surface area contributed by atoms with Gasteiger partial charge in [0, 0.05) is 28.8 Å². The van der Waals surface area contributed by atoms with Crippen LogP contribution in [-0.4, -0.2) is 15.5 Å². The Morgan fingerprint density at radius 1 is 1.61 bits per heavy atom. The Kier molecular flexibility index (Phi) is 4.54. The van der Waals surface area contributed by atoms with Crippen LogP contribution in [0.4, 0.5) is 0 Å². The lowest BCUT2D eigenvalue weighted by Gasteiger charge is -2.07. The highest BCUT2D eigenvalue weighted by Crippen LogP contribution is 2.15. The van der Waals surface area contributed by atoms with Crippen LogP contribution >= 0.6 is 27.3 Å². The third kappa shape index (κ3) is 3.20. The SMILES string of the molecule is CCCn1cc(Br)cc1C(=O)NCc1nccs1. The van der Waals surface area contributed by atoms with Crippen LogP contribution in [0.25, 0.3) is 0 Å². The number of thiazole rings is 1. The molecule has 1 N–H and O–H groups in total. The van der Waals surface area contributed by atoms with Gasteiger partial charge in [0.05, 0.1) is 6.54 Å². The van der Waals surface area contributed by atoms with Crippen LogP contribution in [0.5, 0.6) is 0 Å². The number of nitrogens with zero attached hydrogens (tertiary/aromatic N) is 2. The molecule has 0 fully saturated rings. The van der Waals surface area contributed by atoms with E-state index in [4.69, 9.17) is 0 Å². The number of hydrogen-bond donors (Lipinski definition) is 1. The fourth-order valence-corrected chi connectivity index (χ4v) is 2.70. The van der Waals surface area contributed by atoms with Crippen molar-refractivity contribution in [1.29, 1.82) is 0 Å². The zero-order valence-corrected chi connectivity index (χ0v) is 12.4. The predicted octanol–water partition coefficient (Wildman–Crippen LogP) is 3.05. The Morgan fingerprint density at radius 3 is 3.11 bits per heavy atom. The third-order valence-electron chi connectivity index (χ3n) is 2.44. The number of hydrogen-bond acceptors (Lipinski definition) is 3. The van der Waals surface area contributed by atoms with E-state index in [0.717, 1.165) is 22.4 Å². The van der Waals surface area contributed by atoms with E-state index < -0.39 is 0 Å². The van der Waals surface area contributed by atoms with Crippen molar-refractivity contribution in [2.45, 2.75) is 26.4 Å². The fraction of sp³-hybridized carbons (Fsp3) is 0.333. The van der Waals surface area contributed by atoms with E-state index in [0.29, 0.717) is 12.2 Å². The van der Waals surface area contributed by atoms with Gasteiger partial charge in [0.2, 0.25) is 0 Å². The Labute approximate surface area is 118 Å². The second-order valence-electron chi connectivity index (χ2n) is 3.85. The Morgan fingerprint density at radius 2 is 2.44 bits per heavy atom. The molecular weight excluding hydrogens is 314 g/mol. The number of rotatable bonds is 5. The van der Waals surface area contributed by atoms with Gasteiger partial charge >= 0.3 is 0 Å². The first-order valence-corrected chi connectivity index (χ1v) is 7.40. The first kappa shape index (κ1) is 13.3. The molecule has 0 aliphatic rings. The smallest absolute Gasteiger partial charge is 0.268 e. The summed E-state index contributed by atoms with van der Waals surface area (Å²) < 4.78 is 2.89. The highest BCUT2D eigenvalue weighted by Gasteiger charge is 2.12. The zero-order chi connectivity index (χ0) is 13.0. The van der Waals surface area contributed by atoms with Crippen molar-refractivity contribution in [3.63, 3.8) is 0 Å². The molecule has 2 heterocycles. The topological polar surface area (TPSA) is 46.9 Å². The van der Waals surface area contributed by atoms with Gasteiger partial charge in [-0.15, -0.1) is 11.3 Å². The molecule has 0 aliphatic heterocycles. The molecular formula is C12H14BrN3OS. The van der Waals surface area contributed by atoms with E-state index in [1.54, 1.807) is 6.20 Å². The minimum atomic E-state index is -0.0654. The van der Waals surface area contributed by atoms with Crippen LogP contribution in [0.3, 0.4) is 0 Å². The lowest BCUT2D eigenvalue weighted by molar-refractivity contribution is 0.0941. The number of nitrogens with one attached hydrogen (secondary N) is 1. The van der Waals surface area contributed by atoms with Gasteiger partial charge < -0.3 is 9.88 Å². The van der Waals surface area contributed by atoms with Gasteiger partial charge in [0.15, 0.2) is 0 Å². The quantitative estimate of drug-likeness (QED) is 0.917. The maximum absolute atomic E-state index is 12.1. The monoisotopic (exact) mass is 327 g/mol. The predicted molar refractivity (Wildman–Crippen MR) is 75.7 cm³/mol. The van der Waals surface area contributed by atoms with Gasteiger partial charge in [-0.1, -0.05) is 6.92 Å². The molecule has 0 radical (unpaired) electrons. The van der Waals surface area contributed by atoms with Crippen LogP contribution in [0, 0.1) is 0 Å². The van der Waals surface area contributed by atoms with Gasteiger partial charge in [-0.05, 0) is 28.4 Å². The molecule has 0 bridgehead atoms. The summed E-state index contributed by atoms with van der Waals surface area (Å²) in [6.45, 7) is 3.40. The van der Waals surface area contributed by atoms with Crippen molar-refractivity contribution in [3.05, 3.63) is 39.0 Å². The molecule has 0 spiro atoms. The Hall–Kier alpha value is -1.14. The van der Waals surface area contributed by atoms with E-state index in [2.05, 4.69) is 33.2 Å². The number of carbonyl (C=O) groups is 1. The summed E-state index contributed by atoms with van der Waals surface area (Å²) in [6.07, 6.45) is 4.66. The largest absolute Gasteiger partial charge is 0.344 e. The zero-order valence-electron chi connectivity index (χ0n) is 10.0. The highest BCUT2D eigenvalue weighted by atomic mass is 79.9. The molecule has 18 heavy (non-hydrogen) atoms. The second-order valence-corrected chi connectivity index (χ2v) is 5.74. The molecule has 0 unspecified atom stereocenters. The summed E-state index contributed by atoms with van der Waals surface area (Å²) >= 11 is 4.94. The van der Waals surface area contributed by atoms with Gasteiger partial charge in [-0.2, -0.15) is 0 Å². The maximum Gasteiger partial charge on any atom is 0.268 e. The Balaban J connectivity index is 2.03. The lowest BCUT2D eigenvalue weighted by Crippen LogP contribution is -2.25. The molecule has 1 amide bonds. The van der Waals surface area contributed by atoms with E-state index in [1.807, 2.05) is 22.2 Å². The molecule has 0 aliphatic carbocycles. The molecule has 0 saturated carbocycles. The first-order chi connectivity index (χ1) is 8.70. The summed E-state index contributed by atoms with van der Waals surface area (Å²) in [6, 6.07) is 1.84. The number of aromatic nitrogens is 2. The normalized spacial score (nSPS) is 10.6. The van der Waals surface area contributed by atoms with Gasteiger partial charge in [0.25, 0.3) is 5.91 Å². The molecule has 2 rings (SSSR count). The Bertz CT molecular complexity index is 521. The summed E-state index contributed by atoms with van der Waals surface area (Å²) in [4.78, 5) is 16.2. The number of aryl methyl sites for hydroxylation is 1. The lowest BCUT2D eigenvalue weighted by atomic mass is 10.3. The minimum Gasteiger partial charge on any atom is -0.344 e. The highest BCUT2D eigenvalue weighted by molar-refractivity contribution is 9.10. The molecule has 96 valence electrons. The molecule has 0 atom stereocenters. The van der Waals surface area contributed by atoms with Gasteiger partial charge in [0.1, 0.15) is 10.7 Å². The van der Waals surface area contributed by atoms with Crippen molar-refractivity contribution in [2.24, 2.45) is 0 Å². The number of carbonyl (C=O) groups excluding carboxylic acids is 1. The standard InChI is InChI=1S/C12H14BrN3OS/c1-2-4-16-8-9(13)6-10(16)12(17)15-7-11-14-3-5-18-11/h3,5-6,8H,2,4,7H2,1H3,(H,15,17). The van der Waals surface area contributed by atoms with Crippen LogP contribution in [0.2, 0.25) is 0 Å². The summed E-state index contributed by atoms with van der Waals surface area (Å²) in [5.74, 6) is -0.0654. The summed E-state index contributed by atoms with van der Waals surface area (Å²) in [5.41, 5.74) is 0.681. The fourth-order valence-electron chi connectivity index (χ4n) is 1.68. The van der Waals surface area contributed by atoms with E-state index in [9.17, 15) is 4.79 Å². The summed E-state index contributed by atoms with van der Waals surface area (Å²) in [7, 11) is 0. The average molecular weight is 328 g/mol. The van der Waals surface area contributed by atoms with E-state index in [1.165, 1.54) is 11.3 Å². The third-order valence-corrected chi connectivity index (χ3v) is 3.66. The molecule has 0 aromatic carbocycles. The van der Waals surface area contributed by atoms with E-state index >= 15 is 0 Å². The van der Waals surface area contributed by atoms with Gasteiger partial charge in [-0.3, -0.25) is 4.79 Å². The molecule has 2 aromatic rings. The first-order valence-electron chi connectivity index (χ1n) is 5.73. The molecule has 0 saturated heterocycles. The van der Waals surface area contributed by atoms with Crippen LogP contribution < -0.4 is 5.32 Å². The van der Waals surface area contributed by atoms with Crippen molar-refractivity contribution >= 4 is 33.2 Å². The van der Waals surface area contributed by atoms with Crippen LogP contribution in [-0.2, 0) is 13.1 Å². The molecule has 2 aromatic heterocycles. The number of amides is 1. The van der Waals surface area contributed by atoms with E-state index in [-0.39, 0.29) is 5.91 Å². The van der Waals surface area contributed by atoms with Crippen molar-refractivity contribution < 1.29 is 4.79 Å². The number of halogens is 1. The minimum absolute atomic E-state index is 0.0654. The second kappa shape index (κ2) is 6.15. The van der Waals surface area contributed by atoms with Crippen molar-refractivity contribution in [2.75, 3.05) is 0 Å². The van der Waals surface area contributed by atoms with Crippen LogP contribution in [0.1, 0.15) is 28.8 Å². The average Bonchev–Trinajstić information content (AvgIpc) is 2.96. The molecule has 6 heteroatoms.